The topological polar surface area (TPSA) is 59.4 Å². The van der Waals surface area contributed by atoms with Crippen molar-refractivity contribution < 1.29 is 9.53 Å². The molecule has 0 aliphatic carbocycles. The number of hydrogen-bond acceptors (Lipinski definition) is 5. The molecule has 2 rings (SSSR count). The van der Waals surface area contributed by atoms with Gasteiger partial charge in [-0.1, -0.05) is 0 Å². The molecule has 0 aromatic carbocycles. The van der Waals surface area contributed by atoms with E-state index in [-0.39, 0.29) is 24.2 Å². The Kier molecular flexibility index (Phi) is 5.47. The van der Waals surface area contributed by atoms with Gasteiger partial charge in [0.15, 0.2) is 0 Å². The first kappa shape index (κ1) is 17.9. The predicted molar refractivity (Wildman–Crippen MR) is 90.3 cm³/mol. The van der Waals surface area contributed by atoms with Gasteiger partial charge in [0.25, 0.3) is 0 Å². The summed E-state index contributed by atoms with van der Waals surface area (Å²) in [5, 5.41) is 8.06. The first-order valence-electron chi connectivity index (χ1n) is 8.37. The molecule has 1 aliphatic heterocycles. The third-order valence-electron chi connectivity index (χ3n) is 4.21. The number of carbonyl (C=O) groups is 1. The number of ether oxygens (including phenoxy) is 1. The van der Waals surface area contributed by atoms with Gasteiger partial charge < -0.3 is 10.1 Å². The lowest BCUT2D eigenvalue weighted by molar-refractivity contribution is -0.148. The summed E-state index contributed by atoms with van der Waals surface area (Å²) in [4.78, 5) is 14.3. The van der Waals surface area contributed by atoms with Gasteiger partial charge in [0, 0.05) is 43.0 Å². The van der Waals surface area contributed by atoms with E-state index in [1.54, 1.807) is 4.68 Å². The highest BCUT2D eigenvalue weighted by Crippen LogP contribution is 2.19. The zero-order valence-corrected chi connectivity index (χ0v) is 15.3. The summed E-state index contributed by atoms with van der Waals surface area (Å²) in [6.45, 7) is 16.3. The lowest BCUT2D eigenvalue weighted by atomic mass is 10.0. The monoisotopic (exact) mass is 322 g/mol. The van der Waals surface area contributed by atoms with E-state index >= 15 is 0 Å². The Morgan fingerprint density at radius 3 is 2.70 bits per heavy atom. The molecular formula is C17H30N4O2. The molecule has 0 saturated carbocycles. The van der Waals surface area contributed by atoms with E-state index in [2.05, 4.69) is 29.2 Å². The molecule has 1 aliphatic rings. The number of carbonyl (C=O) groups excluding carboxylic acids is 1. The average Bonchev–Trinajstić information content (AvgIpc) is 2.64. The average molecular weight is 322 g/mol. The maximum atomic E-state index is 11.9. The normalized spacial score (nSPS) is 18.4. The van der Waals surface area contributed by atoms with Gasteiger partial charge in [0.05, 0.1) is 11.8 Å². The Balaban J connectivity index is 2.07. The molecule has 6 nitrogen and oxygen atoms in total. The number of nitrogens with one attached hydrogen (secondary N) is 1. The maximum Gasteiger partial charge on any atom is 0.328 e. The standard InChI is InChI=1S/C17H30N4O2/c1-12(2)23-16(22)10-21-14(4)15(13(3)19-21)9-20-8-7-18-17(5,6)11-20/h12,18H,7-11H2,1-6H3. The lowest BCUT2D eigenvalue weighted by Gasteiger charge is -2.39. The Morgan fingerprint density at radius 2 is 2.09 bits per heavy atom. The molecule has 0 amide bonds. The molecule has 1 aromatic heterocycles. The van der Waals surface area contributed by atoms with Crippen LogP contribution in [0.3, 0.4) is 0 Å². The highest BCUT2D eigenvalue weighted by Gasteiger charge is 2.27. The van der Waals surface area contributed by atoms with Gasteiger partial charge in [-0.25, -0.2) is 0 Å². The second-order valence-corrected chi connectivity index (χ2v) is 7.37. The first-order valence-corrected chi connectivity index (χ1v) is 8.37. The van der Waals surface area contributed by atoms with Crippen LogP contribution in [0, 0.1) is 13.8 Å². The minimum atomic E-state index is -0.236. The quantitative estimate of drug-likeness (QED) is 0.835. The van der Waals surface area contributed by atoms with E-state index in [0.29, 0.717) is 0 Å². The zero-order chi connectivity index (χ0) is 17.2. The number of hydrogen-bond donors (Lipinski definition) is 1. The van der Waals surface area contributed by atoms with Gasteiger partial charge in [-0.2, -0.15) is 5.10 Å². The highest BCUT2D eigenvalue weighted by atomic mass is 16.5. The van der Waals surface area contributed by atoms with Crippen LogP contribution in [0.4, 0.5) is 0 Å². The molecule has 0 spiro atoms. The van der Waals surface area contributed by atoms with Crippen LogP contribution in [-0.4, -0.2) is 51.9 Å². The van der Waals surface area contributed by atoms with Crippen molar-refractivity contribution in [1.82, 2.24) is 20.0 Å². The molecule has 2 heterocycles. The van der Waals surface area contributed by atoms with Crippen molar-refractivity contribution >= 4 is 5.97 Å². The molecule has 1 saturated heterocycles. The van der Waals surface area contributed by atoms with Gasteiger partial charge in [0.2, 0.25) is 0 Å². The minimum absolute atomic E-state index is 0.0954. The van der Waals surface area contributed by atoms with Crippen LogP contribution in [-0.2, 0) is 22.6 Å². The van der Waals surface area contributed by atoms with Crippen LogP contribution in [0.1, 0.15) is 44.6 Å². The van der Waals surface area contributed by atoms with Crippen LogP contribution < -0.4 is 5.32 Å². The summed E-state index contributed by atoms with van der Waals surface area (Å²) in [6.07, 6.45) is -0.0954. The lowest BCUT2D eigenvalue weighted by Crippen LogP contribution is -2.56. The Bertz CT molecular complexity index is 563. The molecule has 1 aromatic rings. The molecule has 130 valence electrons. The summed E-state index contributed by atoms with van der Waals surface area (Å²) in [5.41, 5.74) is 3.41. The Morgan fingerprint density at radius 1 is 1.39 bits per heavy atom. The minimum Gasteiger partial charge on any atom is -0.462 e. The number of nitrogens with zero attached hydrogens (tertiary/aromatic N) is 3. The van der Waals surface area contributed by atoms with Crippen molar-refractivity contribution in [2.75, 3.05) is 19.6 Å². The smallest absolute Gasteiger partial charge is 0.328 e. The van der Waals surface area contributed by atoms with Gasteiger partial charge in [-0.15, -0.1) is 0 Å². The molecule has 0 radical (unpaired) electrons. The zero-order valence-electron chi connectivity index (χ0n) is 15.3. The molecule has 6 heteroatoms. The number of rotatable bonds is 5. The van der Waals surface area contributed by atoms with Crippen molar-refractivity contribution in [3.05, 3.63) is 17.0 Å². The number of aryl methyl sites for hydroxylation is 1. The summed E-state index contributed by atoms with van der Waals surface area (Å²) in [5.74, 6) is -0.236. The van der Waals surface area contributed by atoms with Gasteiger partial charge in [-0.3, -0.25) is 14.4 Å². The second kappa shape index (κ2) is 7.01. The van der Waals surface area contributed by atoms with Crippen LogP contribution >= 0.6 is 0 Å². The van der Waals surface area contributed by atoms with E-state index in [4.69, 9.17) is 4.74 Å². The third kappa shape index (κ3) is 4.78. The van der Waals surface area contributed by atoms with Gasteiger partial charge in [0.1, 0.15) is 6.54 Å². The summed E-state index contributed by atoms with van der Waals surface area (Å²) >= 11 is 0. The fraction of sp³-hybridized carbons (Fsp3) is 0.765. The molecule has 1 fully saturated rings. The Hall–Kier alpha value is -1.40. The van der Waals surface area contributed by atoms with E-state index in [0.717, 1.165) is 37.6 Å². The third-order valence-corrected chi connectivity index (χ3v) is 4.21. The van der Waals surface area contributed by atoms with Crippen molar-refractivity contribution in [3.63, 3.8) is 0 Å². The molecular weight excluding hydrogens is 292 g/mol. The second-order valence-electron chi connectivity index (χ2n) is 7.37. The van der Waals surface area contributed by atoms with Crippen LogP contribution in [0.5, 0.6) is 0 Å². The molecule has 0 bridgehead atoms. The van der Waals surface area contributed by atoms with E-state index < -0.39 is 0 Å². The van der Waals surface area contributed by atoms with Crippen LogP contribution in [0.25, 0.3) is 0 Å². The Labute approximate surface area is 139 Å². The summed E-state index contributed by atoms with van der Waals surface area (Å²) < 4.78 is 6.98. The van der Waals surface area contributed by atoms with E-state index in [9.17, 15) is 4.79 Å². The van der Waals surface area contributed by atoms with Gasteiger partial charge >= 0.3 is 5.97 Å². The molecule has 0 atom stereocenters. The van der Waals surface area contributed by atoms with Crippen molar-refractivity contribution in [1.29, 1.82) is 0 Å². The highest BCUT2D eigenvalue weighted by molar-refractivity contribution is 5.69. The maximum absolute atomic E-state index is 11.9. The predicted octanol–water partition coefficient (Wildman–Crippen LogP) is 1.64. The fourth-order valence-corrected chi connectivity index (χ4v) is 3.14. The number of piperazine rings is 1. The largest absolute Gasteiger partial charge is 0.462 e. The SMILES string of the molecule is Cc1nn(CC(=O)OC(C)C)c(C)c1CN1CCNC(C)(C)C1. The van der Waals surface area contributed by atoms with E-state index in [1.807, 2.05) is 27.7 Å². The number of esters is 1. The van der Waals surface area contributed by atoms with Crippen molar-refractivity contribution in [2.24, 2.45) is 0 Å². The van der Waals surface area contributed by atoms with E-state index in [1.165, 1.54) is 5.56 Å². The van der Waals surface area contributed by atoms with Crippen molar-refractivity contribution in [2.45, 2.75) is 66.3 Å². The van der Waals surface area contributed by atoms with Crippen LogP contribution in [0.15, 0.2) is 0 Å². The summed E-state index contributed by atoms with van der Waals surface area (Å²) in [7, 11) is 0. The molecule has 23 heavy (non-hydrogen) atoms. The van der Waals surface area contributed by atoms with Gasteiger partial charge in [-0.05, 0) is 41.5 Å². The van der Waals surface area contributed by atoms with Crippen LogP contribution in [0.2, 0.25) is 0 Å². The summed E-state index contributed by atoms with van der Waals surface area (Å²) in [6, 6.07) is 0. The fourth-order valence-electron chi connectivity index (χ4n) is 3.14. The molecule has 0 unspecified atom stereocenters. The number of aromatic nitrogens is 2. The molecule has 1 N–H and O–H groups in total. The van der Waals surface area contributed by atoms with Crippen molar-refractivity contribution in [3.8, 4) is 0 Å². The first-order chi connectivity index (χ1) is 10.7.